The fourth-order valence-corrected chi connectivity index (χ4v) is 2.40. The lowest BCUT2D eigenvalue weighted by atomic mass is 10.4. The van der Waals surface area contributed by atoms with Crippen molar-refractivity contribution >= 4 is 33.2 Å². The fourth-order valence-electron chi connectivity index (χ4n) is 1.15. The van der Waals surface area contributed by atoms with Crippen LogP contribution in [0.3, 0.4) is 0 Å². The van der Waals surface area contributed by atoms with Gasteiger partial charge in [-0.05, 0) is 0 Å². The predicted octanol–water partition coefficient (Wildman–Crippen LogP) is 0.178. The highest BCUT2D eigenvalue weighted by molar-refractivity contribution is 8.13. The van der Waals surface area contributed by atoms with Gasteiger partial charge in [-0.25, -0.2) is 4.98 Å². The summed E-state index contributed by atoms with van der Waals surface area (Å²) in [7, 11) is 0. The minimum atomic E-state index is -0.0925. The van der Waals surface area contributed by atoms with E-state index >= 15 is 0 Å². The van der Waals surface area contributed by atoms with Crippen LogP contribution < -0.4 is 17.1 Å². The van der Waals surface area contributed by atoms with Crippen LogP contribution in [0.4, 0.5) is 0 Å². The van der Waals surface area contributed by atoms with Gasteiger partial charge in [0.25, 0.3) is 5.56 Å². The number of nitrogens with zero attached hydrogens (tertiary/aromatic N) is 3. The Kier molecular flexibility index (Phi) is 3.11. The van der Waals surface area contributed by atoms with Gasteiger partial charge in [0, 0.05) is 23.4 Å². The second-order valence-corrected chi connectivity index (χ2v) is 4.77. The largest absolute Gasteiger partial charge is 0.377 e. The molecule has 84 valence electrons. The molecule has 6 nitrogen and oxygen atoms in total. The molecule has 0 saturated heterocycles. The van der Waals surface area contributed by atoms with Crippen molar-refractivity contribution in [1.29, 1.82) is 0 Å². The Balaban J connectivity index is 2.28. The van der Waals surface area contributed by atoms with Crippen molar-refractivity contribution in [3.05, 3.63) is 33.7 Å². The van der Waals surface area contributed by atoms with Crippen molar-refractivity contribution in [3.63, 3.8) is 0 Å². The van der Waals surface area contributed by atoms with Gasteiger partial charge in [0.1, 0.15) is 0 Å². The van der Waals surface area contributed by atoms with Gasteiger partial charge in [0.2, 0.25) is 0 Å². The first kappa shape index (κ1) is 11.0. The lowest BCUT2D eigenvalue weighted by Crippen LogP contribution is -2.14. The molecule has 0 bridgehead atoms. The van der Waals surface area contributed by atoms with E-state index in [4.69, 9.17) is 11.6 Å². The van der Waals surface area contributed by atoms with Crippen molar-refractivity contribution < 1.29 is 0 Å². The summed E-state index contributed by atoms with van der Waals surface area (Å²) < 4.78 is 1.50. The van der Waals surface area contributed by atoms with Gasteiger partial charge in [-0.2, -0.15) is 5.10 Å². The lowest BCUT2D eigenvalue weighted by molar-refractivity contribution is 1.04. The summed E-state index contributed by atoms with van der Waals surface area (Å²) in [5.41, 5.74) is 6.01. The molecule has 0 amide bonds. The summed E-state index contributed by atoms with van der Waals surface area (Å²) >= 11 is 2.66. The van der Waals surface area contributed by atoms with Crippen LogP contribution in [-0.4, -0.2) is 14.6 Å². The number of hydrogen-bond acceptors (Lipinski definition) is 6. The van der Waals surface area contributed by atoms with E-state index in [1.54, 1.807) is 6.20 Å². The van der Waals surface area contributed by atoms with Crippen molar-refractivity contribution in [2.45, 2.75) is 5.75 Å². The zero-order valence-electron chi connectivity index (χ0n) is 8.16. The highest BCUT2D eigenvalue weighted by atomic mass is 32.2. The number of thioether (sulfide) groups is 1. The van der Waals surface area contributed by atoms with Crippen LogP contribution in [0.25, 0.3) is 4.96 Å². The second-order valence-electron chi connectivity index (χ2n) is 2.90. The van der Waals surface area contributed by atoms with Crippen molar-refractivity contribution in [3.8, 4) is 0 Å². The van der Waals surface area contributed by atoms with Crippen LogP contribution in [0.1, 0.15) is 5.69 Å². The minimum absolute atomic E-state index is 0.0925. The van der Waals surface area contributed by atoms with Crippen LogP contribution in [0, 0.1) is 0 Å². The third-order valence-electron chi connectivity index (χ3n) is 1.85. The zero-order chi connectivity index (χ0) is 11.5. The number of nitrogens with two attached hydrogens (primary N) is 2. The van der Waals surface area contributed by atoms with E-state index in [2.05, 4.69) is 10.1 Å². The first-order valence-corrected chi connectivity index (χ1v) is 6.19. The fraction of sp³-hybridized carbons (Fsp3) is 0.125. The molecule has 0 aliphatic carbocycles. The van der Waals surface area contributed by atoms with E-state index in [9.17, 15) is 4.79 Å². The second kappa shape index (κ2) is 4.54. The molecule has 2 rings (SSSR count). The molecule has 0 spiro atoms. The molecule has 0 saturated carbocycles. The first-order chi connectivity index (χ1) is 7.70. The molecule has 16 heavy (non-hydrogen) atoms. The average Bonchev–Trinajstić information content (AvgIpc) is 2.74. The average molecular weight is 255 g/mol. The topological polar surface area (TPSA) is 98.8 Å². The van der Waals surface area contributed by atoms with E-state index in [1.807, 2.05) is 5.38 Å². The van der Waals surface area contributed by atoms with Gasteiger partial charge in [-0.15, -0.1) is 11.3 Å². The maximum atomic E-state index is 11.6. The zero-order valence-corrected chi connectivity index (χ0v) is 9.79. The lowest BCUT2D eigenvalue weighted by Gasteiger charge is -1.99. The Morgan fingerprint density at radius 3 is 3.25 bits per heavy atom. The summed E-state index contributed by atoms with van der Waals surface area (Å²) in [6.45, 7) is 0. The predicted molar refractivity (Wildman–Crippen MR) is 66.4 cm³/mol. The normalized spacial score (nSPS) is 12.1. The Bertz CT molecular complexity index is 587. The van der Waals surface area contributed by atoms with Gasteiger partial charge in [-0.3, -0.25) is 9.20 Å². The number of fused-ring (bicyclic) bond motifs is 1. The molecular weight excluding hydrogens is 246 g/mol. The number of thiazole rings is 1. The quantitative estimate of drug-likeness (QED) is 0.345. The van der Waals surface area contributed by atoms with E-state index in [0.29, 0.717) is 16.4 Å². The van der Waals surface area contributed by atoms with E-state index in [-0.39, 0.29) is 10.7 Å². The standard InChI is InChI=1S/C8H9N5OS2/c9-7(12-10)16-4-5-3-6(14)13-1-2-15-8(13)11-5/h1-3H,4,10H2,(H2,9,12). The Morgan fingerprint density at radius 2 is 2.50 bits per heavy atom. The Morgan fingerprint density at radius 1 is 1.69 bits per heavy atom. The van der Waals surface area contributed by atoms with Crippen LogP contribution in [-0.2, 0) is 5.75 Å². The maximum Gasteiger partial charge on any atom is 0.258 e. The molecule has 2 aromatic heterocycles. The highest BCUT2D eigenvalue weighted by Crippen LogP contribution is 2.11. The summed E-state index contributed by atoms with van der Waals surface area (Å²) in [5.74, 6) is 5.48. The van der Waals surface area contributed by atoms with Crippen LogP contribution in [0.2, 0.25) is 0 Å². The molecule has 0 fully saturated rings. The molecule has 4 N–H and O–H groups in total. The molecule has 0 unspecified atom stereocenters. The smallest absolute Gasteiger partial charge is 0.258 e. The number of amidine groups is 1. The molecule has 0 aliphatic rings. The van der Waals surface area contributed by atoms with Gasteiger partial charge < -0.3 is 11.6 Å². The summed E-state index contributed by atoms with van der Waals surface area (Å²) in [5, 5.41) is 5.41. The number of rotatable bonds is 2. The number of hydrazone groups is 1. The van der Waals surface area contributed by atoms with Crippen LogP contribution in [0.5, 0.6) is 0 Å². The summed E-state index contributed by atoms with van der Waals surface area (Å²) in [6, 6.07) is 1.48. The molecule has 0 aliphatic heterocycles. The Labute approximate surface area is 99.0 Å². The number of hydrogen-bond donors (Lipinski definition) is 2. The van der Waals surface area contributed by atoms with Gasteiger partial charge in [0.05, 0.1) is 5.69 Å². The Hall–Kier alpha value is -1.54. The summed E-state index contributed by atoms with van der Waals surface area (Å²) in [6.07, 6.45) is 1.70. The molecule has 0 radical (unpaired) electrons. The maximum absolute atomic E-state index is 11.6. The first-order valence-electron chi connectivity index (χ1n) is 4.32. The van der Waals surface area contributed by atoms with Crippen molar-refractivity contribution in [1.82, 2.24) is 9.38 Å². The SMILES string of the molecule is NN=C(N)SCc1cc(=O)n2ccsc2n1. The summed E-state index contributed by atoms with van der Waals surface area (Å²) in [4.78, 5) is 16.6. The molecule has 2 heterocycles. The van der Waals surface area contributed by atoms with Gasteiger partial charge in [-0.1, -0.05) is 11.8 Å². The third kappa shape index (κ3) is 2.17. The van der Waals surface area contributed by atoms with E-state index in [0.717, 1.165) is 0 Å². The van der Waals surface area contributed by atoms with Crippen LogP contribution >= 0.6 is 23.1 Å². The highest BCUT2D eigenvalue weighted by Gasteiger charge is 2.04. The monoisotopic (exact) mass is 255 g/mol. The van der Waals surface area contributed by atoms with E-state index in [1.165, 1.54) is 33.6 Å². The van der Waals surface area contributed by atoms with Gasteiger partial charge >= 0.3 is 0 Å². The molecule has 0 atom stereocenters. The van der Waals surface area contributed by atoms with Gasteiger partial charge in [0.15, 0.2) is 10.1 Å². The number of aromatic nitrogens is 2. The minimum Gasteiger partial charge on any atom is -0.377 e. The molecule has 2 aromatic rings. The molecule has 8 heteroatoms. The molecular formula is C8H9N5OS2. The van der Waals surface area contributed by atoms with Crippen molar-refractivity contribution in [2.24, 2.45) is 16.7 Å². The van der Waals surface area contributed by atoms with Crippen molar-refractivity contribution in [2.75, 3.05) is 0 Å². The third-order valence-corrected chi connectivity index (χ3v) is 3.45. The van der Waals surface area contributed by atoms with Crippen LogP contribution in [0.15, 0.2) is 27.5 Å². The van der Waals surface area contributed by atoms with E-state index < -0.39 is 0 Å². The molecule has 0 aromatic carbocycles.